The topological polar surface area (TPSA) is 29.5 Å². The van der Waals surface area contributed by atoms with Crippen molar-refractivity contribution < 1.29 is 9.84 Å². The fraction of sp³-hybridized carbons (Fsp3) is 0.667. The Labute approximate surface area is 122 Å². The smallest absolute Gasteiger partial charge is 0.127 e. The highest BCUT2D eigenvalue weighted by atomic mass is 16.5. The number of fused-ring (bicyclic) bond motifs is 3. The molecule has 3 rings (SSSR count). The van der Waals surface area contributed by atoms with Gasteiger partial charge in [-0.3, -0.25) is 0 Å². The van der Waals surface area contributed by atoms with Gasteiger partial charge in [-0.15, -0.1) is 0 Å². The van der Waals surface area contributed by atoms with Gasteiger partial charge < -0.3 is 9.84 Å². The molecule has 1 aromatic carbocycles. The zero-order chi connectivity index (χ0) is 14.5. The van der Waals surface area contributed by atoms with E-state index < -0.39 is 0 Å². The van der Waals surface area contributed by atoms with Crippen LogP contribution in [0.4, 0.5) is 0 Å². The average Bonchev–Trinajstić information content (AvgIpc) is 2.36. The van der Waals surface area contributed by atoms with E-state index in [-0.39, 0.29) is 5.60 Å². The third-order valence-electron chi connectivity index (χ3n) is 5.34. The molecule has 1 unspecified atom stereocenters. The summed E-state index contributed by atoms with van der Waals surface area (Å²) < 4.78 is 6.29. The van der Waals surface area contributed by atoms with Gasteiger partial charge in [0.2, 0.25) is 0 Å². The summed E-state index contributed by atoms with van der Waals surface area (Å²) in [6.45, 7) is 8.86. The molecule has 2 nitrogen and oxygen atoms in total. The standard InChI is InChI=1S/C18H26O2/c1-5-12-9-15(19)17-13-8-11(2)6-7-14(13)18(3,4)20-16(17)10-12/h9-11,13-14,19H,5-8H2,1-4H3/t11?,13-,14-/m1/s1. The first-order valence-electron chi connectivity index (χ1n) is 7.97. The fourth-order valence-corrected chi connectivity index (χ4v) is 4.22. The predicted octanol–water partition coefficient (Wildman–Crippen LogP) is 4.65. The van der Waals surface area contributed by atoms with Crippen molar-refractivity contribution in [3.63, 3.8) is 0 Å². The number of hydrogen-bond acceptors (Lipinski definition) is 2. The molecule has 1 aliphatic heterocycles. The lowest BCUT2D eigenvalue weighted by Gasteiger charge is -2.48. The number of ether oxygens (including phenoxy) is 1. The Bertz CT molecular complexity index is 518. The highest BCUT2D eigenvalue weighted by molar-refractivity contribution is 5.52. The first-order valence-corrected chi connectivity index (χ1v) is 7.97. The minimum absolute atomic E-state index is 0.128. The Balaban J connectivity index is 2.11. The van der Waals surface area contributed by atoms with E-state index in [0.717, 1.165) is 29.2 Å². The van der Waals surface area contributed by atoms with E-state index in [9.17, 15) is 5.11 Å². The highest BCUT2D eigenvalue weighted by Gasteiger charge is 2.46. The maximum Gasteiger partial charge on any atom is 0.127 e. The monoisotopic (exact) mass is 274 g/mol. The highest BCUT2D eigenvalue weighted by Crippen LogP contribution is 2.55. The van der Waals surface area contributed by atoms with Gasteiger partial charge in [0.15, 0.2) is 0 Å². The van der Waals surface area contributed by atoms with Crippen LogP contribution in [-0.4, -0.2) is 10.7 Å². The van der Waals surface area contributed by atoms with Crippen LogP contribution in [0.3, 0.4) is 0 Å². The summed E-state index contributed by atoms with van der Waals surface area (Å²) in [4.78, 5) is 0. The number of aryl methyl sites for hydroxylation is 1. The molecule has 110 valence electrons. The number of phenols is 1. The first kappa shape index (κ1) is 13.8. The fourth-order valence-electron chi connectivity index (χ4n) is 4.22. The molecule has 1 aromatic rings. The molecular formula is C18H26O2. The van der Waals surface area contributed by atoms with Crippen molar-refractivity contribution in [1.82, 2.24) is 0 Å². The molecule has 1 saturated carbocycles. The van der Waals surface area contributed by atoms with E-state index in [1.165, 1.54) is 19.3 Å². The molecule has 2 heteroatoms. The summed E-state index contributed by atoms with van der Waals surface area (Å²) >= 11 is 0. The maximum absolute atomic E-state index is 10.5. The minimum atomic E-state index is -0.128. The number of benzene rings is 1. The minimum Gasteiger partial charge on any atom is -0.508 e. The van der Waals surface area contributed by atoms with Gasteiger partial charge in [-0.2, -0.15) is 0 Å². The maximum atomic E-state index is 10.5. The molecule has 0 radical (unpaired) electrons. The van der Waals surface area contributed by atoms with E-state index in [2.05, 4.69) is 33.8 Å². The third-order valence-corrected chi connectivity index (χ3v) is 5.34. The van der Waals surface area contributed by atoms with Gasteiger partial charge in [-0.25, -0.2) is 0 Å². The van der Waals surface area contributed by atoms with Crippen LogP contribution in [0.5, 0.6) is 11.5 Å². The lowest BCUT2D eigenvalue weighted by atomic mass is 9.64. The lowest BCUT2D eigenvalue weighted by Crippen LogP contribution is -2.46. The second-order valence-electron chi connectivity index (χ2n) is 7.22. The molecule has 1 aliphatic carbocycles. The van der Waals surface area contributed by atoms with E-state index in [1.807, 2.05) is 6.07 Å². The van der Waals surface area contributed by atoms with Crippen LogP contribution in [0.15, 0.2) is 12.1 Å². The Morgan fingerprint density at radius 3 is 2.75 bits per heavy atom. The van der Waals surface area contributed by atoms with Crippen LogP contribution in [0.25, 0.3) is 0 Å². The molecule has 2 aliphatic rings. The van der Waals surface area contributed by atoms with Crippen molar-refractivity contribution in [1.29, 1.82) is 0 Å². The van der Waals surface area contributed by atoms with Crippen LogP contribution >= 0.6 is 0 Å². The van der Waals surface area contributed by atoms with E-state index in [1.54, 1.807) is 0 Å². The van der Waals surface area contributed by atoms with Crippen molar-refractivity contribution in [3.05, 3.63) is 23.3 Å². The van der Waals surface area contributed by atoms with Gasteiger partial charge >= 0.3 is 0 Å². The van der Waals surface area contributed by atoms with E-state index in [0.29, 0.717) is 17.6 Å². The normalized spacial score (nSPS) is 31.1. The van der Waals surface area contributed by atoms with Crippen LogP contribution in [-0.2, 0) is 6.42 Å². The van der Waals surface area contributed by atoms with E-state index in [4.69, 9.17) is 4.74 Å². The zero-order valence-corrected chi connectivity index (χ0v) is 13.1. The second kappa shape index (κ2) is 4.68. The molecule has 0 bridgehead atoms. The largest absolute Gasteiger partial charge is 0.508 e. The van der Waals surface area contributed by atoms with Gasteiger partial charge in [-0.1, -0.05) is 20.3 Å². The Morgan fingerprint density at radius 1 is 1.30 bits per heavy atom. The van der Waals surface area contributed by atoms with E-state index >= 15 is 0 Å². The number of aromatic hydroxyl groups is 1. The Morgan fingerprint density at radius 2 is 2.05 bits per heavy atom. The number of hydrogen-bond donors (Lipinski definition) is 1. The molecule has 1 N–H and O–H groups in total. The van der Waals surface area contributed by atoms with Gasteiger partial charge in [0.1, 0.15) is 17.1 Å². The SMILES string of the molecule is CCc1cc(O)c2c(c1)OC(C)(C)[C@@H]1CCC(C)C[C@@H]21. The lowest BCUT2D eigenvalue weighted by molar-refractivity contribution is -0.0145. The first-order chi connectivity index (χ1) is 9.42. The molecular weight excluding hydrogens is 248 g/mol. The third kappa shape index (κ3) is 2.10. The van der Waals surface area contributed by atoms with Crippen molar-refractivity contribution >= 4 is 0 Å². The molecule has 0 amide bonds. The van der Waals surface area contributed by atoms with Gasteiger partial charge in [0.05, 0.1) is 0 Å². The number of rotatable bonds is 1. The summed E-state index contributed by atoms with van der Waals surface area (Å²) in [7, 11) is 0. The average molecular weight is 274 g/mol. The van der Waals surface area contributed by atoms with Crippen molar-refractivity contribution in [2.75, 3.05) is 0 Å². The Hall–Kier alpha value is -1.18. The number of phenolic OH excluding ortho intramolecular Hbond substituents is 1. The van der Waals surface area contributed by atoms with Gasteiger partial charge in [-0.05, 0) is 62.6 Å². The Kier molecular flexibility index (Phi) is 3.23. The molecule has 3 atom stereocenters. The van der Waals surface area contributed by atoms with Crippen LogP contribution in [0.1, 0.15) is 64.0 Å². The molecule has 0 aromatic heterocycles. The van der Waals surface area contributed by atoms with Crippen molar-refractivity contribution in [2.24, 2.45) is 11.8 Å². The molecule has 0 spiro atoms. The summed E-state index contributed by atoms with van der Waals surface area (Å²) in [6.07, 6.45) is 4.57. The predicted molar refractivity (Wildman–Crippen MR) is 81.4 cm³/mol. The quantitative estimate of drug-likeness (QED) is 0.808. The summed E-state index contributed by atoms with van der Waals surface area (Å²) in [5.41, 5.74) is 2.09. The summed E-state index contributed by atoms with van der Waals surface area (Å²) in [5.74, 6) is 3.07. The van der Waals surface area contributed by atoms with Crippen LogP contribution < -0.4 is 4.74 Å². The van der Waals surface area contributed by atoms with Crippen molar-refractivity contribution in [3.8, 4) is 11.5 Å². The van der Waals surface area contributed by atoms with Gasteiger partial charge in [0, 0.05) is 11.5 Å². The van der Waals surface area contributed by atoms with Gasteiger partial charge in [0.25, 0.3) is 0 Å². The van der Waals surface area contributed by atoms with Crippen LogP contribution in [0, 0.1) is 11.8 Å². The second-order valence-corrected chi connectivity index (χ2v) is 7.22. The molecule has 1 fully saturated rings. The molecule has 20 heavy (non-hydrogen) atoms. The summed E-state index contributed by atoms with van der Waals surface area (Å²) in [5, 5.41) is 10.5. The zero-order valence-electron chi connectivity index (χ0n) is 13.1. The van der Waals surface area contributed by atoms with Crippen LogP contribution in [0.2, 0.25) is 0 Å². The molecule has 0 saturated heterocycles. The summed E-state index contributed by atoms with van der Waals surface area (Å²) in [6, 6.07) is 4.06. The molecule has 1 heterocycles. The van der Waals surface area contributed by atoms with Crippen molar-refractivity contribution in [2.45, 2.75) is 64.9 Å².